The molecule has 0 bridgehead atoms. The number of nitrogens with one attached hydrogen (secondary N) is 1. The van der Waals surface area contributed by atoms with E-state index in [2.05, 4.69) is 10.3 Å². The minimum absolute atomic E-state index is 0.0436. The molecule has 0 aliphatic carbocycles. The van der Waals surface area contributed by atoms with E-state index in [1.165, 1.54) is 17.5 Å². The Balaban J connectivity index is 2.23. The van der Waals surface area contributed by atoms with Crippen molar-refractivity contribution in [2.75, 3.05) is 5.32 Å². The summed E-state index contributed by atoms with van der Waals surface area (Å²) in [4.78, 5) is 26.0. The van der Waals surface area contributed by atoms with Crippen LogP contribution in [0.3, 0.4) is 0 Å². The number of amides is 1. The van der Waals surface area contributed by atoms with Gasteiger partial charge in [0.1, 0.15) is 11.5 Å². The molecule has 0 spiro atoms. The Morgan fingerprint density at radius 1 is 1.42 bits per heavy atom. The topological polar surface area (TPSA) is 79.3 Å². The zero-order valence-electron chi connectivity index (χ0n) is 9.18. The van der Waals surface area contributed by atoms with Crippen molar-refractivity contribution < 1.29 is 19.1 Å². The number of carbonyl (C=O) groups excluding carboxylic acids is 1. The second-order valence-corrected chi connectivity index (χ2v) is 4.66. The van der Waals surface area contributed by atoms with Crippen LogP contribution in [0, 0.1) is 5.82 Å². The number of thiazole rings is 1. The lowest BCUT2D eigenvalue weighted by atomic mass is 10.3. The van der Waals surface area contributed by atoms with Gasteiger partial charge in [-0.25, -0.2) is 14.2 Å². The van der Waals surface area contributed by atoms with Crippen LogP contribution in [0.1, 0.15) is 20.3 Å². The molecule has 0 aliphatic rings. The van der Waals surface area contributed by atoms with E-state index >= 15 is 0 Å². The highest BCUT2D eigenvalue weighted by Crippen LogP contribution is 2.25. The number of anilines is 1. The SMILES string of the molecule is O=C(Nc1c(F)cccc1Cl)c1csc(C(=O)O)n1. The molecule has 0 unspecified atom stereocenters. The smallest absolute Gasteiger partial charge is 0.365 e. The van der Waals surface area contributed by atoms with Gasteiger partial charge in [0.2, 0.25) is 5.01 Å². The van der Waals surface area contributed by atoms with E-state index in [-0.39, 0.29) is 21.4 Å². The van der Waals surface area contributed by atoms with Crippen molar-refractivity contribution in [3.05, 3.63) is 45.1 Å². The highest BCUT2D eigenvalue weighted by molar-refractivity contribution is 7.11. The third-order valence-corrected chi connectivity index (χ3v) is 3.27. The van der Waals surface area contributed by atoms with Crippen molar-refractivity contribution in [3.63, 3.8) is 0 Å². The fourth-order valence-corrected chi connectivity index (χ4v) is 2.12. The number of halogens is 2. The largest absolute Gasteiger partial charge is 0.476 e. The second kappa shape index (κ2) is 5.33. The van der Waals surface area contributed by atoms with Crippen molar-refractivity contribution in [2.24, 2.45) is 0 Å². The summed E-state index contributed by atoms with van der Waals surface area (Å²) in [6.45, 7) is 0. The molecular weight excluding hydrogens is 295 g/mol. The van der Waals surface area contributed by atoms with Gasteiger partial charge in [-0.2, -0.15) is 0 Å². The molecule has 0 atom stereocenters. The number of benzene rings is 1. The molecule has 1 aromatic heterocycles. The number of carbonyl (C=O) groups is 2. The quantitative estimate of drug-likeness (QED) is 0.913. The summed E-state index contributed by atoms with van der Waals surface area (Å²) in [6.07, 6.45) is 0. The first-order chi connectivity index (χ1) is 8.99. The van der Waals surface area contributed by atoms with E-state index in [0.717, 1.165) is 17.4 Å². The lowest BCUT2D eigenvalue weighted by Crippen LogP contribution is -2.14. The monoisotopic (exact) mass is 300 g/mol. The average Bonchev–Trinajstić information content (AvgIpc) is 2.83. The number of carboxylic acids is 1. The summed E-state index contributed by atoms with van der Waals surface area (Å²) in [7, 11) is 0. The first-order valence-electron chi connectivity index (χ1n) is 4.93. The summed E-state index contributed by atoms with van der Waals surface area (Å²) in [5, 5.41) is 12.0. The van der Waals surface area contributed by atoms with Crippen molar-refractivity contribution in [1.29, 1.82) is 0 Å². The maximum atomic E-state index is 13.4. The molecule has 0 saturated heterocycles. The van der Waals surface area contributed by atoms with Crippen molar-refractivity contribution >= 4 is 40.5 Å². The molecule has 2 rings (SSSR count). The number of nitrogens with zero attached hydrogens (tertiary/aromatic N) is 1. The lowest BCUT2D eigenvalue weighted by Gasteiger charge is -2.06. The standard InChI is InChI=1S/C11H6ClFN2O3S/c12-5-2-1-3-6(13)8(5)15-9(16)7-4-19-10(14-7)11(17)18/h1-4H,(H,15,16)(H,17,18). The van der Waals surface area contributed by atoms with Crippen molar-refractivity contribution in [2.45, 2.75) is 0 Å². The molecule has 0 radical (unpaired) electrons. The van der Waals surface area contributed by atoms with Gasteiger partial charge in [-0.15, -0.1) is 11.3 Å². The molecule has 1 aromatic carbocycles. The third kappa shape index (κ3) is 2.88. The van der Waals surface area contributed by atoms with E-state index in [4.69, 9.17) is 16.7 Å². The van der Waals surface area contributed by atoms with Gasteiger partial charge in [0.05, 0.1) is 10.7 Å². The molecule has 19 heavy (non-hydrogen) atoms. The summed E-state index contributed by atoms with van der Waals surface area (Å²) < 4.78 is 13.4. The van der Waals surface area contributed by atoms with Gasteiger partial charge in [0.25, 0.3) is 5.91 Å². The number of aromatic carboxylic acids is 1. The van der Waals surface area contributed by atoms with Crippen molar-refractivity contribution in [1.82, 2.24) is 4.98 Å². The maximum absolute atomic E-state index is 13.4. The van der Waals surface area contributed by atoms with Crippen LogP contribution in [-0.4, -0.2) is 22.0 Å². The van der Waals surface area contributed by atoms with Crippen LogP contribution in [0.4, 0.5) is 10.1 Å². The van der Waals surface area contributed by atoms with Gasteiger partial charge in [-0.05, 0) is 12.1 Å². The van der Waals surface area contributed by atoms with Crippen LogP contribution < -0.4 is 5.32 Å². The van der Waals surface area contributed by atoms with Crippen LogP contribution >= 0.6 is 22.9 Å². The van der Waals surface area contributed by atoms with Gasteiger partial charge < -0.3 is 10.4 Å². The zero-order chi connectivity index (χ0) is 14.0. The van der Waals surface area contributed by atoms with Crippen molar-refractivity contribution in [3.8, 4) is 0 Å². The Kier molecular flexibility index (Phi) is 3.77. The van der Waals surface area contributed by atoms with Crippen LogP contribution in [-0.2, 0) is 0 Å². The van der Waals surface area contributed by atoms with Gasteiger partial charge in [0.15, 0.2) is 0 Å². The first-order valence-corrected chi connectivity index (χ1v) is 6.19. The van der Waals surface area contributed by atoms with Gasteiger partial charge in [0, 0.05) is 5.38 Å². The van der Waals surface area contributed by atoms with Crippen LogP contribution in [0.2, 0.25) is 5.02 Å². The van der Waals surface area contributed by atoms with E-state index in [0.29, 0.717) is 0 Å². The number of hydrogen-bond acceptors (Lipinski definition) is 4. The molecule has 1 amide bonds. The zero-order valence-corrected chi connectivity index (χ0v) is 10.8. The Morgan fingerprint density at radius 2 is 2.16 bits per heavy atom. The molecule has 0 saturated carbocycles. The highest BCUT2D eigenvalue weighted by Gasteiger charge is 2.17. The maximum Gasteiger partial charge on any atom is 0.365 e. The molecule has 0 aliphatic heterocycles. The Morgan fingerprint density at radius 3 is 2.74 bits per heavy atom. The second-order valence-electron chi connectivity index (χ2n) is 3.39. The van der Waals surface area contributed by atoms with Gasteiger partial charge in [-0.3, -0.25) is 4.79 Å². The third-order valence-electron chi connectivity index (χ3n) is 2.12. The number of para-hydroxylation sites is 1. The van der Waals surface area contributed by atoms with Crippen LogP contribution in [0.25, 0.3) is 0 Å². The minimum atomic E-state index is -1.23. The molecule has 2 N–H and O–H groups in total. The lowest BCUT2D eigenvalue weighted by molar-refractivity contribution is 0.0696. The molecule has 5 nitrogen and oxygen atoms in total. The Bertz CT molecular complexity index is 639. The Labute approximate surface area is 115 Å². The molecule has 0 fully saturated rings. The van der Waals surface area contributed by atoms with E-state index in [9.17, 15) is 14.0 Å². The fraction of sp³-hybridized carbons (Fsp3) is 0. The summed E-state index contributed by atoms with van der Waals surface area (Å²) in [5.41, 5.74) is -0.277. The molecule has 1 heterocycles. The minimum Gasteiger partial charge on any atom is -0.476 e. The summed E-state index contributed by atoms with van der Waals surface area (Å²) in [5.74, 6) is -2.64. The van der Waals surface area contributed by atoms with E-state index < -0.39 is 17.7 Å². The Hall–Kier alpha value is -1.99. The first kappa shape index (κ1) is 13.4. The highest BCUT2D eigenvalue weighted by atomic mass is 35.5. The number of rotatable bonds is 3. The number of carboxylic acid groups (broad SMARTS) is 1. The number of hydrogen-bond donors (Lipinski definition) is 2. The van der Waals surface area contributed by atoms with Crippen LogP contribution in [0.5, 0.6) is 0 Å². The molecule has 98 valence electrons. The summed E-state index contributed by atoms with van der Waals surface area (Å²) >= 11 is 6.56. The predicted octanol–water partition coefficient (Wildman–Crippen LogP) is 2.89. The van der Waals surface area contributed by atoms with Crippen LogP contribution in [0.15, 0.2) is 23.6 Å². The fourth-order valence-electron chi connectivity index (χ4n) is 1.27. The van der Waals surface area contributed by atoms with E-state index in [1.807, 2.05) is 0 Å². The van der Waals surface area contributed by atoms with E-state index in [1.54, 1.807) is 0 Å². The molecular formula is C11H6ClFN2O3S. The molecule has 8 heteroatoms. The average molecular weight is 301 g/mol. The van der Waals surface area contributed by atoms with Gasteiger partial charge >= 0.3 is 5.97 Å². The normalized spacial score (nSPS) is 10.2. The number of aromatic nitrogens is 1. The summed E-state index contributed by atoms with van der Waals surface area (Å²) in [6, 6.07) is 3.97. The molecule has 2 aromatic rings. The van der Waals surface area contributed by atoms with Gasteiger partial charge in [-0.1, -0.05) is 17.7 Å². The predicted molar refractivity (Wildman–Crippen MR) is 68.4 cm³/mol.